The molecule has 0 spiro atoms. The van der Waals surface area contributed by atoms with Gasteiger partial charge in [-0.2, -0.15) is 0 Å². The van der Waals surface area contributed by atoms with Gasteiger partial charge in [0.1, 0.15) is 5.75 Å². The minimum Gasteiger partial charge on any atom is -0.465 e. The number of rotatable bonds is 7. The van der Waals surface area contributed by atoms with E-state index >= 15 is 0 Å². The normalized spacial score (nSPS) is 12.3. The summed E-state index contributed by atoms with van der Waals surface area (Å²) in [5, 5.41) is 0. The second-order valence-corrected chi connectivity index (χ2v) is 8.40. The Hall–Kier alpha value is -2.23. The second-order valence-electron chi connectivity index (χ2n) is 6.37. The highest BCUT2D eigenvalue weighted by Gasteiger charge is 2.28. The fourth-order valence-electron chi connectivity index (χ4n) is 2.77. The van der Waals surface area contributed by atoms with Gasteiger partial charge in [-0.15, -0.1) is 0 Å². The molecule has 0 saturated carbocycles. The highest BCUT2D eigenvalue weighted by Crippen LogP contribution is 2.32. The molecular weight excluding hydrogens is 340 g/mol. The Bertz CT molecular complexity index is 746. The molecule has 0 saturated heterocycles. The predicted molar refractivity (Wildman–Crippen MR) is 108 cm³/mol. The molecule has 3 rings (SSSR count). The lowest BCUT2D eigenvalue weighted by Gasteiger charge is -2.20. The van der Waals surface area contributed by atoms with Crippen molar-refractivity contribution in [2.75, 3.05) is 7.11 Å². The molecular formula is C23H25O2S+. The molecule has 1 atom stereocenters. The molecule has 0 fully saturated rings. The van der Waals surface area contributed by atoms with E-state index < -0.39 is 0 Å². The third-order valence-corrected chi connectivity index (χ3v) is 6.28. The van der Waals surface area contributed by atoms with Crippen molar-refractivity contribution in [1.29, 1.82) is 0 Å². The average molecular weight is 366 g/mol. The first-order valence-electron chi connectivity index (χ1n) is 8.83. The average Bonchev–Trinajstić information content (AvgIpc) is 2.69. The van der Waals surface area contributed by atoms with Crippen LogP contribution in [0.25, 0.3) is 0 Å². The van der Waals surface area contributed by atoms with Crippen LogP contribution in [0, 0.1) is 5.92 Å². The van der Waals surface area contributed by atoms with Crippen molar-refractivity contribution >= 4 is 10.9 Å². The van der Waals surface area contributed by atoms with Gasteiger partial charge in [0.2, 0.25) is 6.29 Å². The SMILES string of the molecule is COC(Oc1ccc([S+](c2ccccc2)c2ccccc2)cc1)C(C)C. The van der Waals surface area contributed by atoms with Crippen LogP contribution in [-0.4, -0.2) is 13.4 Å². The van der Waals surface area contributed by atoms with Crippen molar-refractivity contribution in [3.63, 3.8) is 0 Å². The summed E-state index contributed by atoms with van der Waals surface area (Å²) in [6.45, 7) is 4.18. The smallest absolute Gasteiger partial charge is 0.201 e. The van der Waals surface area contributed by atoms with E-state index in [1.807, 2.05) is 12.1 Å². The van der Waals surface area contributed by atoms with Crippen LogP contribution in [0.4, 0.5) is 0 Å². The Labute approximate surface area is 159 Å². The maximum Gasteiger partial charge on any atom is 0.201 e. The van der Waals surface area contributed by atoms with Gasteiger partial charge in [0.25, 0.3) is 0 Å². The Kier molecular flexibility index (Phi) is 6.37. The quantitative estimate of drug-likeness (QED) is 0.390. The molecule has 3 aromatic carbocycles. The van der Waals surface area contributed by atoms with Gasteiger partial charge in [0.15, 0.2) is 14.7 Å². The van der Waals surface area contributed by atoms with E-state index in [1.165, 1.54) is 14.7 Å². The highest BCUT2D eigenvalue weighted by atomic mass is 32.2. The molecule has 134 valence electrons. The van der Waals surface area contributed by atoms with Gasteiger partial charge in [-0.1, -0.05) is 50.2 Å². The van der Waals surface area contributed by atoms with E-state index in [2.05, 4.69) is 86.6 Å². The minimum atomic E-state index is -0.234. The van der Waals surface area contributed by atoms with Crippen LogP contribution in [0.1, 0.15) is 13.8 Å². The maximum absolute atomic E-state index is 5.95. The number of benzene rings is 3. The minimum absolute atomic E-state index is 0.133. The molecule has 0 aliphatic rings. The lowest BCUT2D eigenvalue weighted by molar-refractivity contribution is -0.0834. The van der Waals surface area contributed by atoms with E-state index in [4.69, 9.17) is 9.47 Å². The lowest BCUT2D eigenvalue weighted by atomic mass is 10.2. The Morgan fingerprint density at radius 2 is 1.12 bits per heavy atom. The zero-order valence-corrected chi connectivity index (χ0v) is 16.3. The first-order valence-corrected chi connectivity index (χ1v) is 10.1. The van der Waals surface area contributed by atoms with E-state index in [0.29, 0.717) is 5.92 Å². The van der Waals surface area contributed by atoms with Crippen molar-refractivity contribution in [2.45, 2.75) is 34.8 Å². The van der Waals surface area contributed by atoms with E-state index in [1.54, 1.807) is 7.11 Å². The third-order valence-electron chi connectivity index (χ3n) is 4.05. The van der Waals surface area contributed by atoms with Crippen molar-refractivity contribution < 1.29 is 9.47 Å². The molecule has 0 heterocycles. The number of hydrogen-bond acceptors (Lipinski definition) is 2. The fraction of sp³-hybridized carbons (Fsp3) is 0.217. The molecule has 0 radical (unpaired) electrons. The number of methoxy groups -OCH3 is 1. The van der Waals surface area contributed by atoms with Gasteiger partial charge >= 0.3 is 0 Å². The second kappa shape index (κ2) is 8.93. The first-order chi connectivity index (χ1) is 12.7. The summed E-state index contributed by atoms with van der Waals surface area (Å²) in [5.41, 5.74) is 0. The summed E-state index contributed by atoms with van der Waals surface area (Å²) >= 11 is 0. The number of ether oxygens (including phenoxy) is 2. The summed E-state index contributed by atoms with van der Waals surface area (Å²) in [6, 6.07) is 29.7. The van der Waals surface area contributed by atoms with Gasteiger partial charge in [0.05, 0.1) is 10.9 Å². The Morgan fingerprint density at radius 1 is 0.654 bits per heavy atom. The molecule has 1 unspecified atom stereocenters. The molecule has 3 heteroatoms. The van der Waals surface area contributed by atoms with Crippen LogP contribution in [0.15, 0.2) is 99.6 Å². The van der Waals surface area contributed by atoms with Gasteiger partial charge in [0, 0.05) is 13.0 Å². The van der Waals surface area contributed by atoms with Gasteiger partial charge in [-0.05, 0) is 48.5 Å². The predicted octanol–water partition coefficient (Wildman–Crippen LogP) is 5.79. The zero-order valence-electron chi connectivity index (χ0n) is 15.5. The van der Waals surface area contributed by atoms with Gasteiger partial charge in [-0.25, -0.2) is 0 Å². The van der Waals surface area contributed by atoms with E-state index in [0.717, 1.165) is 5.75 Å². The topological polar surface area (TPSA) is 18.5 Å². The number of hydrogen-bond donors (Lipinski definition) is 0. The van der Waals surface area contributed by atoms with Crippen LogP contribution >= 0.6 is 0 Å². The van der Waals surface area contributed by atoms with Crippen LogP contribution in [0.2, 0.25) is 0 Å². The van der Waals surface area contributed by atoms with Crippen molar-refractivity contribution in [3.8, 4) is 5.75 Å². The molecule has 2 nitrogen and oxygen atoms in total. The molecule has 0 aromatic heterocycles. The van der Waals surface area contributed by atoms with Crippen molar-refractivity contribution in [2.24, 2.45) is 5.92 Å². The Balaban J connectivity index is 1.90. The molecule has 26 heavy (non-hydrogen) atoms. The van der Waals surface area contributed by atoms with E-state index in [-0.39, 0.29) is 17.2 Å². The highest BCUT2D eigenvalue weighted by molar-refractivity contribution is 7.97. The van der Waals surface area contributed by atoms with Crippen LogP contribution in [0.3, 0.4) is 0 Å². The molecule has 3 aromatic rings. The molecule has 0 N–H and O–H groups in total. The van der Waals surface area contributed by atoms with Crippen LogP contribution in [0.5, 0.6) is 5.75 Å². The van der Waals surface area contributed by atoms with Crippen LogP contribution < -0.4 is 4.74 Å². The van der Waals surface area contributed by atoms with Crippen molar-refractivity contribution in [3.05, 3.63) is 84.9 Å². The van der Waals surface area contributed by atoms with Gasteiger partial charge in [-0.3, -0.25) is 0 Å². The summed E-state index contributed by atoms with van der Waals surface area (Å²) in [7, 11) is 1.55. The van der Waals surface area contributed by atoms with Gasteiger partial charge < -0.3 is 9.47 Å². The fourth-order valence-corrected chi connectivity index (χ4v) is 4.85. The van der Waals surface area contributed by atoms with Crippen molar-refractivity contribution in [1.82, 2.24) is 0 Å². The summed E-state index contributed by atoms with van der Waals surface area (Å²) in [4.78, 5) is 3.89. The molecule has 0 aliphatic heterocycles. The summed E-state index contributed by atoms with van der Waals surface area (Å²) in [5.74, 6) is 1.13. The third kappa shape index (κ3) is 4.48. The Morgan fingerprint density at radius 3 is 1.54 bits per heavy atom. The lowest BCUT2D eigenvalue weighted by Crippen LogP contribution is -2.24. The first kappa shape index (κ1) is 18.6. The standard InChI is InChI=1S/C23H25O2S/c1-18(2)23(24-3)25-19-14-16-22(17-15-19)26(20-10-6-4-7-11-20)21-12-8-5-9-13-21/h4-18,23H,1-3H3/q+1. The monoisotopic (exact) mass is 365 g/mol. The zero-order chi connectivity index (χ0) is 18.4. The largest absolute Gasteiger partial charge is 0.465 e. The summed E-state index contributed by atoms with van der Waals surface area (Å²) < 4.78 is 11.4. The molecule has 0 amide bonds. The summed E-state index contributed by atoms with van der Waals surface area (Å²) in [6.07, 6.45) is -0.234. The van der Waals surface area contributed by atoms with Crippen LogP contribution in [-0.2, 0) is 15.6 Å². The molecule has 0 bridgehead atoms. The maximum atomic E-state index is 5.95. The molecule has 0 aliphatic carbocycles. The van der Waals surface area contributed by atoms with E-state index in [9.17, 15) is 0 Å².